The lowest BCUT2D eigenvalue weighted by molar-refractivity contribution is -0.131. The number of nitrogens with zero attached hydrogens (tertiary/aromatic N) is 3. The fourth-order valence-corrected chi connectivity index (χ4v) is 1.46. The lowest BCUT2D eigenvalue weighted by Gasteiger charge is -2.20. The van der Waals surface area contributed by atoms with Crippen LogP contribution in [0.4, 0.5) is 0 Å². The molecule has 16 heavy (non-hydrogen) atoms. The van der Waals surface area contributed by atoms with Crippen LogP contribution in [-0.4, -0.2) is 34.2 Å². The maximum Gasteiger partial charge on any atom is 0.244 e. The van der Waals surface area contributed by atoms with Gasteiger partial charge in [0.25, 0.3) is 0 Å². The third kappa shape index (κ3) is 2.93. The van der Waals surface area contributed by atoms with Crippen LogP contribution >= 0.6 is 0 Å². The fourth-order valence-electron chi connectivity index (χ4n) is 1.46. The molecule has 0 bridgehead atoms. The van der Waals surface area contributed by atoms with Gasteiger partial charge in [0.05, 0.1) is 6.20 Å². The van der Waals surface area contributed by atoms with Crippen molar-refractivity contribution in [2.24, 2.45) is 12.8 Å². The summed E-state index contributed by atoms with van der Waals surface area (Å²) in [7, 11) is 3.51. The van der Waals surface area contributed by atoms with E-state index in [4.69, 9.17) is 5.73 Å². The van der Waals surface area contributed by atoms with Gasteiger partial charge in [-0.1, -0.05) is 12.2 Å². The molecular weight excluding hydrogens is 204 g/mol. The maximum absolute atomic E-state index is 11.9. The molecule has 0 aliphatic heterocycles. The van der Waals surface area contributed by atoms with E-state index in [9.17, 15) is 4.79 Å². The Morgan fingerprint density at radius 2 is 2.38 bits per heavy atom. The number of aromatic nitrogens is 2. The van der Waals surface area contributed by atoms with Gasteiger partial charge in [-0.25, -0.2) is 0 Å². The number of likely N-dealkylation sites (N-methyl/N-ethyl adjacent to an activating group) is 1. The van der Waals surface area contributed by atoms with Gasteiger partial charge in [-0.2, -0.15) is 5.10 Å². The smallest absolute Gasteiger partial charge is 0.244 e. The molecule has 1 aromatic rings. The number of nitrogens with two attached hydrogens (primary N) is 1. The van der Waals surface area contributed by atoms with Crippen molar-refractivity contribution in [1.29, 1.82) is 0 Å². The third-order valence-electron chi connectivity index (χ3n) is 2.23. The Hall–Kier alpha value is -1.62. The van der Waals surface area contributed by atoms with Crippen LogP contribution in [0, 0.1) is 0 Å². The third-order valence-corrected chi connectivity index (χ3v) is 2.23. The van der Waals surface area contributed by atoms with Crippen molar-refractivity contribution in [1.82, 2.24) is 14.7 Å². The quantitative estimate of drug-likeness (QED) is 0.752. The van der Waals surface area contributed by atoms with Gasteiger partial charge in [-0.05, 0) is 6.92 Å². The van der Waals surface area contributed by atoms with Gasteiger partial charge in [0.1, 0.15) is 6.04 Å². The molecule has 0 saturated carbocycles. The highest BCUT2D eigenvalue weighted by molar-refractivity contribution is 5.82. The molecule has 88 valence electrons. The zero-order chi connectivity index (χ0) is 12.3. The standard InChI is InChI=1S/C11H18N4O/c1-8(2)6-14(3)11(16)10(12)9-5-13-15(4)7-9/h5,7,10H,1,6,12H2,2-4H3. The van der Waals surface area contributed by atoms with Crippen LogP contribution in [0.1, 0.15) is 18.5 Å². The van der Waals surface area contributed by atoms with Crippen LogP contribution < -0.4 is 5.73 Å². The Labute approximate surface area is 95.5 Å². The van der Waals surface area contributed by atoms with E-state index in [1.54, 1.807) is 36.1 Å². The lowest BCUT2D eigenvalue weighted by Crippen LogP contribution is -2.36. The number of hydrogen-bond acceptors (Lipinski definition) is 3. The van der Waals surface area contributed by atoms with Gasteiger partial charge >= 0.3 is 0 Å². The lowest BCUT2D eigenvalue weighted by atomic mass is 10.1. The van der Waals surface area contributed by atoms with Crippen molar-refractivity contribution in [3.8, 4) is 0 Å². The van der Waals surface area contributed by atoms with E-state index in [0.717, 1.165) is 11.1 Å². The summed E-state index contributed by atoms with van der Waals surface area (Å²) < 4.78 is 1.63. The van der Waals surface area contributed by atoms with E-state index in [0.29, 0.717) is 6.54 Å². The topological polar surface area (TPSA) is 64.2 Å². The summed E-state index contributed by atoms with van der Waals surface area (Å²) in [6, 6.07) is -0.655. The van der Waals surface area contributed by atoms with Crippen molar-refractivity contribution in [3.63, 3.8) is 0 Å². The molecule has 0 radical (unpaired) electrons. The van der Waals surface area contributed by atoms with E-state index < -0.39 is 6.04 Å². The molecule has 0 spiro atoms. The summed E-state index contributed by atoms with van der Waals surface area (Å²) in [6.45, 7) is 6.16. The molecule has 0 fully saturated rings. The first-order valence-electron chi connectivity index (χ1n) is 5.05. The summed E-state index contributed by atoms with van der Waals surface area (Å²) in [5.74, 6) is -0.129. The highest BCUT2D eigenvalue weighted by Gasteiger charge is 2.20. The van der Waals surface area contributed by atoms with Crippen LogP contribution in [0.2, 0.25) is 0 Å². The van der Waals surface area contributed by atoms with E-state index in [-0.39, 0.29) is 5.91 Å². The second-order valence-corrected chi connectivity index (χ2v) is 4.08. The molecule has 0 saturated heterocycles. The molecule has 5 nitrogen and oxygen atoms in total. The average Bonchev–Trinajstić information content (AvgIpc) is 2.61. The SMILES string of the molecule is C=C(C)CN(C)C(=O)C(N)c1cnn(C)c1. The minimum Gasteiger partial charge on any atom is -0.340 e. The van der Waals surface area contributed by atoms with Crippen molar-refractivity contribution in [2.75, 3.05) is 13.6 Å². The molecule has 0 aromatic carbocycles. The number of carbonyl (C=O) groups is 1. The Kier molecular flexibility index (Phi) is 3.84. The van der Waals surface area contributed by atoms with E-state index in [1.807, 2.05) is 6.92 Å². The Balaban J connectivity index is 2.70. The highest BCUT2D eigenvalue weighted by Crippen LogP contribution is 2.11. The van der Waals surface area contributed by atoms with Gasteiger partial charge in [0, 0.05) is 32.4 Å². The van der Waals surface area contributed by atoms with Gasteiger partial charge in [-0.3, -0.25) is 9.48 Å². The minimum absolute atomic E-state index is 0.129. The normalized spacial score (nSPS) is 12.2. The second kappa shape index (κ2) is 4.94. The second-order valence-electron chi connectivity index (χ2n) is 4.08. The van der Waals surface area contributed by atoms with Gasteiger partial charge < -0.3 is 10.6 Å². The zero-order valence-electron chi connectivity index (χ0n) is 9.97. The summed E-state index contributed by atoms with van der Waals surface area (Å²) >= 11 is 0. The largest absolute Gasteiger partial charge is 0.340 e. The summed E-state index contributed by atoms with van der Waals surface area (Å²) in [4.78, 5) is 13.5. The average molecular weight is 222 g/mol. The maximum atomic E-state index is 11.9. The number of rotatable bonds is 4. The first-order chi connectivity index (χ1) is 7.41. The van der Waals surface area contributed by atoms with E-state index in [2.05, 4.69) is 11.7 Å². The molecule has 1 heterocycles. The molecule has 5 heteroatoms. The Morgan fingerprint density at radius 3 is 2.81 bits per heavy atom. The highest BCUT2D eigenvalue weighted by atomic mass is 16.2. The Morgan fingerprint density at radius 1 is 1.75 bits per heavy atom. The molecule has 1 atom stereocenters. The van der Waals surface area contributed by atoms with E-state index in [1.165, 1.54) is 0 Å². The summed E-state index contributed by atoms with van der Waals surface area (Å²) in [5, 5.41) is 3.99. The van der Waals surface area contributed by atoms with Gasteiger partial charge in [-0.15, -0.1) is 0 Å². The first-order valence-corrected chi connectivity index (χ1v) is 5.05. The van der Waals surface area contributed by atoms with Gasteiger partial charge in [0.15, 0.2) is 0 Å². The molecule has 1 aromatic heterocycles. The number of amides is 1. The summed E-state index contributed by atoms with van der Waals surface area (Å²) in [6.07, 6.45) is 3.36. The molecule has 2 N–H and O–H groups in total. The number of aryl methyl sites for hydroxylation is 1. The van der Waals surface area contributed by atoms with Gasteiger partial charge in [0.2, 0.25) is 5.91 Å². The number of hydrogen-bond donors (Lipinski definition) is 1. The van der Waals surface area contributed by atoms with Crippen LogP contribution in [0.15, 0.2) is 24.5 Å². The molecule has 0 aliphatic rings. The number of carbonyl (C=O) groups excluding carboxylic acids is 1. The predicted molar refractivity (Wildman–Crippen MR) is 62.6 cm³/mol. The minimum atomic E-state index is -0.655. The van der Waals surface area contributed by atoms with Crippen molar-refractivity contribution >= 4 is 5.91 Å². The molecular formula is C11H18N4O. The molecule has 1 amide bonds. The van der Waals surface area contributed by atoms with Crippen molar-refractivity contribution < 1.29 is 4.79 Å². The zero-order valence-corrected chi connectivity index (χ0v) is 9.97. The van der Waals surface area contributed by atoms with E-state index >= 15 is 0 Å². The predicted octanol–water partition coefficient (Wildman–Crippen LogP) is 0.454. The van der Waals surface area contributed by atoms with Crippen molar-refractivity contribution in [3.05, 3.63) is 30.1 Å². The Bertz CT molecular complexity index is 396. The first kappa shape index (κ1) is 12.4. The molecule has 1 unspecified atom stereocenters. The molecule has 1 rings (SSSR count). The van der Waals surface area contributed by atoms with Crippen LogP contribution in [-0.2, 0) is 11.8 Å². The van der Waals surface area contributed by atoms with Crippen LogP contribution in [0.3, 0.4) is 0 Å². The van der Waals surface area contributed by atoms with Crippen LogP contribution in [0.5, 0.6) is 0 Å². The summed E-state index contributed by atoms with van der Waals surface area (Å²) in [5.41, 5.74) is 7.50. The fraction of sp³-hybridized carbons (Fsp3) is 0.455. The van der Waals surface area contributed by atoms with Crippen LogP contribution in [0.25, 0.3) is 0 Å². The van der Waals surface area contributed by atoms with Crippen molar-refractivity contribution in [2.45, 2.75) is 13.0 Å². The monoisotopic (exact) mass is 222 g/mol. The molecule has 0 aliphatic carbocycles.